The Hall–Kier alpha value is -1.20. The first-order valence-corrected chi connectivity index (χ1v) is 6.39. The fourth-order valence-electron chi connectivity index (χ4n) is 1.80. The Labute approximate surface area is 109 Å². The molecule has 2 aromatic rings. The minimum Gasteiger partial charge on any atom is -0.322 e. The first-order chi connectivity index (χ1) is 8.22. The second-order valence-corrected chi connectivity index (χ2v) is 4.73. The molecule has 0 aliphatic heterocycles. The lowest BCUT2D eigenvalue weighted by Gasteiger charge is -2.13. The van der Waals surface area contributed by atoms with Gasteiger partial charge in [0, 0.05) is 11.0 Å². The van der Waals surface area contributed by atoms with Gasteiger partial charge in [-0.15, -0.1) is 5.10 Å². The van der Waals surface area contributed by atoms with E-state index < -0.39 is 0 Å². The SMILES string of the molecule is CCn1nncc1C(N)Cc1ccccc1Br. The molecule has 0 saturated carbocycles. The van der Waals surface area contributed by atoms with E-state index in [2.05, 4.69) is 32.3 Å². The van der Waals surface area contributed by atoms with Crippen molar-refractivity contribution < 1.29 is 0 Å². The van der Waals surface area contributed by atoms with Crippen LogP contribution in [0.25, 0.3) is 0 Å². The monoisotopic (exact) mass is 294 g/mol. The smallest absolute Gasteiger partial charge is 0.0757 e. The molecule has 1 unspecified atom stereocenters. The van der Waals surface area contributed by atoms with Gasteiger partial charge in [0.2, 0.25) is 0 Å². The lowest BCUT2D eigenvalue weighted by molar-refractivity contribution is 0.555. The first-order valence-electron chi connectivity index (χ1n) is 5.59. The van der Waals surface area contributed by atoms with Crippen LogP contribution in [-0.2, 0) is 13.0 Å². The van der Waals surface area contributed by atoms with Gasteiger partial charge in [0.15, 0.2) is 0 Å². The van der Waals surface area contributed by atoms with Crippen molar-refractivity contribution in [3.8, 4) is 0 Å². The highest BCUT2D eigenvalue weighted by Crippen LogP contribution is 2.21. The highest BCUT2D eigenvalue weighted by atomic mass is 79.9. The molecule has 1 aromatic carbocycles. The summed E-state index contributed by atoms with van der Waals surface area (Å²) < 4.78 is 2.92. The molecule has 2 rings (SSSR count). The van der Waals surface area contributed by atoms with Gasteiger partial charge in [0.1, 0.15) is 0 Å². The molecule has 17 heavy (non-hydrogen) atoms. The van der Waals surface area contributed by atoms with Crippen molar-refractivity contribution in [2.75, 3.05) is 0 Å². The van der Waals surface area contributed by atoms with Gasteiger partial charge in [-0.2, -0.15) is 0 Å². The van der Waals surface area contributed by atoms with Crippen molar-refractivity contribution in [3.05, 3.63) is 46.2 Å². The van der Waals surface area contributed by atoms with Gasteiger partial charge in [-0.1, -0.05) is 39.3 Å². The molecule has 1 aromatic heterocycles. The van der Waals surface area contributed by atoms with Crippen LogP contribution in [0, 0.1) is 0 Å². The number of aromatic nitrogens is 3. The number of hydrogen-bond donors (Lipinski definition) is 1. The molecule has 0 aliphatic carbocycles. The number of aryl methyl sites for hydroxylation is 1. The number of benzene rings is 1. The summed E-state index contributed by atoms with van der Waals surface area (Å²) in [5.41, 5.74) is 8.37. The van der Waals surface area contributed by atoms with Crippen LogP contribution < -0.4 is 5.73 Å². The van der Waals surface area contributed by atoms with Crippen LogP contribution in [0.5, 0.6) is 0 Å². The van der Waals surface area contributed by atoms with Gasteiger partial charge in [-0.05, 0) is 25.0 Å². The molecule has 4 nitrogen and oxygen atoms in total. The second kappa shape index (κ2) is 5.42. The Morgan fingerprint density at radius 3 is 2.88 bits per heavy atom. The fourth-order valence-corrected chi connectivity index (χ4v) is 2.25. The average molecular weight is 295 g/mol. The molecule has 90 valence electrons. The minimum atomic E-state index is -0.0800. The summed E-state index contributed by atoms with van der Waals surface area (Å²) in [7, 11) is 0. The maximum Gasteiger partial charge on any atom is 0.0757 e. The summed E-state index contributed by atoms with van der Waals surface area (Å²) in [6, 6.07) is 8.03. The Morgan fingerprint density at radius 2 is 2.18 bits per heavy atom. The predicted molar refractivity (Wildman–Crippen MR) is 70.5 cm³/mol. The van der Waals surface area contributed by atoms with Crippen LogP contribution in [0.4, 0.5) is 0 Å². The van der Waals surface area contributed by atoms with E-state index >= 15 is 0 Å². The molecule has 0 aliphatic rings. The van der Waals surface area contributed by atoms with E-state index in [0.29, 0.717) is 0 Å². The molecule has 5 heteroatoms. The molecule has 0 spiro atoms. The molecule has 0 amide bonds. The van der Waals surface area contributed by atoms with E-state index in [0.717, 1.165) is 23.1 Å². The summed E-state index contributed by atoms with van der Waals surface area (Å²) in [6.45, 7) is 2.82. The van der Waals surface area contributed by atoms with Crippen LogP contribution in [0.15, 0.2) is 34.9 Å². The topological polar surface area (TPSA) is 56.7 Å². The zero-order valence-corrected chi connectivity index (χ0v) is 11.3. The van der Waals surface area contributed by atoms with Crippen LogP contribution in [0.1, 0.15) is 24.2 Å². The maximum atomic E-state index is 6.20. The molecule has 2 N–H and O–H groups in total. The predicted octanol–water partition coefficient (Wildman–Crippen LogP) is 2.30. The van der Waals surface area contributed by atoms with Crippen molar-refractivity contribution in [3.63, 3.8) is 0 Å². The third kappa shape index (κ3) is 2.73. The highest BCUT2D eigenvalue weighted by molar-refractivity contribution is 9.10. The third-order valence-corrected chi connectivity index (χ3v) is 3.50. The molecule has 0 radical (unpaired) electrons. The standard InChI is InChI=1S/C12H15BrN4/c1-2-17-12(8-15-16-17)11(14)7-9-5-3-4-6-10(9)13/h3-6,8,11H,2,7,14H2,1H3. The van der Waals surface area contributed by atoms with Crippen LogP contribution in [0.2, 0.25) is 0 Å². The molecule has 0 bridgehead atoms. The van der Waals surface area contributed by atoms with Gasteiger partial charge in [0.25, 0.3) is 0 Å². The fraction of sp³-hybridized carbons (Fsp3) is 0.333. The Balaban J connectivity index is 2.17. The van der Waals surface area contributed by atoms with Gasteiger partial charge < -0.3 is 5.73 Å². The van der Waals surface area contributed by atoms with Crippen LogP contribution in [0.3, 0.4) is 0 Å². The number of rotatable bonds is 4. The number of halogens is 1. The van der Waals surface area contributed by atoms with Gasteiger partial charge in [-0.25, -0.2) is 4.68 Å². The summed E-state index contributed by atoms with van der Waals surface area (Å²) >= 11 is 3.53. The van der Waals surface area contributed by atoms with Crippen LogP contribution in [-0.4, -0.2) is 15.0 Å². The van der Waals surface area contributed by atoms with Gasteiger partial charge >= 0.3 is 0 Å². The largest absolute Gasteiger partial charge is 0.322 e. The molecular weight excluding hydrogens is 280 g/mol. The summed E-state index contributed by atoms with van der Waals surface area (Å²) in [4.78, 5) is 0. The van der Waals surface area contributed by atoms with Crippen molar-refractivity contribution in [2.24, 2.45) is 5.73 Å². The van der Waals surface area contributed by atoms with E-state index in [-0.39, 0.29) is 6.04 Å². The number of nitrogens with zero attached hydrogens (tertiary/aromatic N) is 3. The summed E-state index contributed by atoms with van der Waals surface area (Å²) in [5.74, 6) is 0. The molecule has 1 atom stereocenters. The Morgan fingerprint density at radius 1 is 1.41 bits per heavy atom. The second-order valence-electron chi connectivity index (χ2n) is 3.88. The molecule has 0 saturated heterocycles. The average Bonchev–Trinajstić information content (AvgIpc) is 2.80. The van der Waals surface area contributed by atoms with E-state index in [1.54, 1.807) is 6.20 Å². The molecule has 0 fully saturated rings. The molecule has 1 heterocycles. The Kier molecular flexibility index (Phi) is 3.91. The summed E-state index contributed by atoms with van der Waals surface area (Å²) in [5, 5.41) is 7.89. The molecular formula is C12H15BrN4. The van der Waals surface area contributed by atoms with Crippen LogP contribution >= 0.6 is 15.9 Å². The lowest BCUT2D eigenvalue weighted by atomic mass is 10.0. The van der Waals surface area contributed by atoms with Gasteiger partial charge in [0.05, 0.1) is 17.9 Å². The van der Waals surface area contributed by atoms with E-state index in [4.69, 9.17) is 5.73 Å². The van der Waals surface area contributed by atoms with Crippen molar-refractivity contribution in [1.29, 1.82) is 0 Å². The Bertz CT molecular complexity index is 495. The van der Waals surface area contributed by atoms with Crippen molar-refractivity contribution in [2.45, 2.75) is 25.9 Å². The van der Waals surface area contributed by atoms with E-state index in [1.165, 1.54) is 5.56 Å². The zero-order chi connectivity index (χ0) is 12.3. The third-order valence-electron chi connectivity index (χ3n) is 2.72. The quantitative estimate of drug-likeness (QED) is 0.941. The van der Waals surface area contributed by atoms with Crippen molar-refractivity contribution >= 4 is 15.9 Å². The van der Waals surface area contributed by atoms with Gasteiger partial charge in [-0.3, -0.25) is 0 Å². The first kappa shape index (κ1) is 12.3. The van der Waals surface area contributed by atoms with Crippen molar-refractivity contribution in [1.82, 2.24) is 15.0 Å². The number of hydrogen-bond acceptors (Lipinski definition) is 3. The minimum absolute atomic E-state index is 0.0800. The number of nitrogens with two attached hydrogens (primary N) is 1. The van der Waals surface area contributed by atoms with E-state index in [1.807, 2.05) is 29.8 Å². The highest BCUT2D eigenvalue weighted by Gasteiger charge is 2.13. The zero-order valence-electron chi connectivity index (χ0n) is 9.68. The van der Waals surface area contributed by atoms with E-state index in [9.17, 15) is 0 Å². The summed E-state index contributed by atoms with van der Waals surface area (Å²) in [6.07, 6.45) is 2.51. The maximum absolute atomic E-state index is 6.20. The lowest BCUT2D eigenvalue weighted by Crippen LogP contribution is -2.18. The normalized spacial score (nSPS) is 12.6.